The highest BCUT2D eigenvalue weighted by Gasteiger charge is 2.17. The average molecular weight is 336 g/mol. The number of para-hydroxylation sites is 1. The second kappa shape index (κ2) is 7.47. The molecule has 130 valence electrons. The van der Waals surface area contributed by atoms with Gasteiger partial charge in [0.15, 0.2) is 0 Å². The van der Waals surface area contributed by atoms with Crippen molar-refractivity contribution < 1.29 is 4.79 Å². The van der Waals surface area contributed by atoms with E-state index in [2.05, 4.69) is 18.9 Å². The first-order valence-corrected chi connectivity index (χ1v) is 8.82. The van der Waals surface area contributed by atoms with Crippen molar-refractivity contribution in [2.75, 3.05) is 13.6 Å². The monoisotopic (exact) mass is 336 g/mol. The number of aromatic nitrogens is 3. The summed E-state index contributed by atoms with van der Waals surface area (Å²) in [6.45, 7) is 5.80. The third-order valence-corrected chi connectivity index (χ3v) is 4.23. The molecule has 0 aliphatic rings. The van der Waals surface area contributed by atoms with Crippen molar-refractivity contribution in [1.29, 1.82) is 0 Å². The smallest absolute Gasteiger partial charge is 0.254 e. The number of amides is 1. The first-order valence-electron chi connectivity index (χ1n) is 8.82. The highest BCUT2D eigenvalue weighted by Crippen LogP contribution is 2.25. The zero-order chi connectivity index (χ0) is 17.8. The summed E-state index contributed by atoms with van der Waals surface area (Å²) in [5.41, 5.74) is 3.25. The van der Waals surface area contributed by atoms with Gasteiger partial charge >= 0.3 is 0 Å². The van der Waals surface area contributed by atoms with Gasteiger partial charge in [-0.3, -0.25) is 9.48 Å². The fraction of sp³-hybridized carbons (Fsp3) is 0.350. The Bertz CT molecular complexity index is 884. The number of rotatable bonds is 6. The maximum absolute atomic E-state index is 12.9. The maximum atomic E-state index is 12.9. The Morgan fingerprint density at radius 3 is 2.76 bits per heavy atom. The van der Waals surface area contributed by atoms with Gasteiger partial charge in [-0.2, -0.15) is 5.10 Å². The van der Waals surface area contributed by atoms with Crippen molar-refractivity contribution in [3.63, 3.8) is 0 Å². The summed E-state index contributed by atoms with van der Waals surface area (Å²) < 4.78 is 1.91. The fourth-order valence-electron chi connectivity index (χ4n) is 2.99. The molecule has 0 bridgehead atoms. The van der Waals surface area contributed by atoms with Crippen LogP contribution in [-0.2, 0) is 6.54 Å². The molecule has 0 N–H and O–H groups in total. The zero-order valence-corrected chi connectivity index (χ0v) is 15.1. The number of hydrogen-bond donors (Lipinski definition) is 0. The van der Waals surface area contributed by atoms with Gasteiger partial charge < -0.3 is 4.90 Å². The topological polar surface area (TPSA) is 51.0 Å². The third kappa shape index (κ3) is 3.55. The summed E-state index contributed by atoms with van der Waals surface area (Å²) in [5.74, 6) is 0.0302. The standard InChI is InChI=1S/C20H24N4O/c1-4-10-23(3)20(25)17-12-19(15-13-21-24(14-15)11-5-2)22-18-9-7-6-8-16(17)18/h6-9,12-14H,4-5,10-11H2,1-3H3. The molecule has 5 nitrogen and oxygen atoms in total. The van der Waals surface area contributed by atoms with E-state index in [0.717, 1.165) is 48.1 Å². The van der Waals surface area contributed by atoms with Gasteiger partial charge in [-0.1, -0.05) is 32.0 Å². The lowest BCUT2D eigenvalue weighted by Crippen LogP contribution is -2.27. The molecule has 0 spiro atoms. The van der Waals surface area contributed by atoms with Crippen molar-refractivity contribution in [2.45, 2.75) is 33.2 Å². The van der Waals surface area contributed by atoms with Crippen LogP contribution in [0.2, 0.25) is 0 Å². The molecule has 0 aliphatic heterocycles. The maximum Gasteiger partial charge on any atom is 0.254 e. The number of benzene rings is 1. The van der Waals surface area contributed by atoms with Crippen LogP contribution < -0.4 is 0 Å². The van der Waals surface area contributed by atoms with Gasteiger partial charge in [0.1, 0.15) is 0 Å². The molecule has 5 heteroatoms. The van der Waals surface area contributed by atoms with Gasteiger partial charge in [0.05, 0.1) is 23.0 Å². The molecule has 0 aliphatic carbocycles. The average Bonchev–Trinajstić information content (AvgIpc) is 3.09. The first kappa shape index (κ1) is 17.1. The minimum absolute atomic E-state index is 0.0302. The van der Waals surface area contributed by atoms with E-state index in [-0.39, 0.29) is 5.91 Å². The van der Waals surface area contributed by atoms with E-state index in [1.54, 1.807) is 4.90 Å². The van der Waals surface area contributed by atoms with Crippen molar-refractivity contribution in [1.82, 2.24) is 19.7 Å². The van der Waals surface area contributed by atoms with E-state index in [9.17, 15) is 4.79 Å². The molecule has 0 saturated carbocycles. The quantitative estimate of drug-likeness (QED) is 0.684. The Balaban J connectivity index is 2.10. The second-order valence-corrected chi connectivity index (χ2v) is 6.29. The number of nitrogens with zero attached hydrogens (tertiary/aromatic N) is 4. The molecule has 2 aromatic heterocycles. The molecule has 3 aromatic rings. The van der Waals surface area contributed by atoms with Crippen LogP contribution in [0.15, 0.2) is 42.7 Å². The molecule has 0 saturated heterocycles. The largest absolute Gasteiger partial charge is 0.342 e. The van der Waals surface area contributed by atoms with Crippen molar-refractivity contribution in [2.24, 2.45) is 0 Å². The third-order valence-electron chi connectivity index (χ3n) is 4.23. The van der Waals surface area contributed by atoms with Crippen LogP contribution in [-0.4, -0.2) is 39.2 Å². The summed E-state index contributed by atoms with van der Waals surface area (Å²) >= 11 is 0. The van der Waals surface area contributed by atoms with Gasteiger partial charge in [0, 0.05) is 37.3 Å². The van der Waals surface area contributed by atoms with Crippen LogP contribution >= 0.6 is 0 Å². The van der Waals surface area contributed by atoms with Crippen LogP contribution in [0.25, 0.3) is 22.2 Å². The van der Waals surface area contributed by atoms with Gasteiger partial charge in [0.2, 0.25) is 0 Å². The minimum atomic E-state index is 0.0302. The molecule has 0 atom stereocenters. The molecule has 0 radical (unpaired) electrons. The van der Waals surface area contributed by atoms with Gasteiger partial charge in [-0.25, -0.2) is 4.98 Å². The van der Waals surface area contributed by atoms with Gasteiger partial charge in [-0.15, -0.1) is 0 Å². The van der Waals surface area contributed by atoms with E-state index in [4.69, 9.17) is 4.98 Å². The van der Waals surface area contributed by atoms with Crippen molar-refractivity contribution in [3.8, 4) is 11.3 Å². The summed E-state index contributed by atoms with van der Waals surface area (Å²) in [4.78, 5) is 19.4. The molecule has 1 aromatic carbocycles. The lowest BCUT2D eigenvalue weighted by molar-refractivity contribution is 0.0797. The summed E-state index contributed by atoms with van der Waals surface area (Å²) in [6.07, 6.45) is 5.76. The Kier molecular flexibility index (Phi) is 5.12. The number of pyridine rings is 1. The Morgan fingerprint density at radius 1 is 1.20 bits per heavy atom. The van der Waals surface area contributed by atoms with E-state index in [0.29, 0.717) is 5.56 Å². The van der Waals surface area contributed by atoms with Crippen molar-refractivity contribution >= 4 is 16.8 Å². The van der Waals surface area contributed by atoms with E-state index in [1.807, 2.05) is 54.5 Å². The highest BCUT2D eigenvalue weighted by molar-refractivity contribution is 6.07. The van der Waals surface area contributed by atoms with E-state index in [1.165, 1.54) is 0 Å². The number of aryl methyl sites for hydroxylation is 1. The number of carbonyl (C=O) groups is 1. The highest BCUT2D eigenvalue weighted by atomic mass is 16.2. The molecule has 0 unspecified atom stereocenters. The zero-order valence-electron chi connectivity index (χ0n) is 15.1. The predicted octanol–water partition coefficient (Wildman–Crippen LogP) is 3.99. The molecule has 1 amide bonds. The molecule has 0 fully saturated rings. The van der Waals surface area contributed by atoms with E-state index >= 15 is 0 Å². The molecule has 25 heavy (non-hydrogen) atoms. The van der Waals surface area contributed by atoms with Crippen LogP contribution in [0, 0.1) is 0 Å². The SMILES string of the molecule is CCCN(C)C(=O)c1cc(-c2cnn(CCC)c2)nc2ccccc12. The summed E-state index contributed by atoms with van der Waals surface area (Å²) in [5, 5.41) is 5.27. The lowest BCUT2D eigenvalue weighted by Gasteiger charge is -2.17. The predicted molar refractivity (Wildman–Crippen MR) is 101 cm³/mol. The van der Waals surface area contributed by atoms with Gasteiger partial charge in [-0.05, 0) is 25.0 Å². The van der Waals surface area contributed by atoms with E-state index < -0.39 is 0 Å². The van der Waals surface area contributed by atoms with Crippen molar-refractivity contribution in [3.05, 3.63) is 48.3 Å². The van der Waals surface area contributed by atoms with Gasteiger partial charge in [0.25, 0.3) is 5.91 Å². The number of fused-ring (bicyclic) bond motifs is 1. The molecular weight excluding hydrogens is 312 g/mol. The molecule has 2 heterocycles. The Morgan fingerprint density at radius 2 is 2.00 bits per heavy atom. The van der Waals surface area contributed by atoms with Crippen LogP contribution in [0.5, 0.6) is 0 Å². The Labute approximate surface area is 148 Å². The van der Waals surface area contributed by atoms with Crippen LogP contribution in [0.4, 0.5) is 0 Å². The second-order valence-electron chi connectivity index (χ2n) is 6.29. The van der Waals surface area contributed by atoms with Crippen LogP contribution in [0.3, 0.4) is 0 Å². The number of hydrogen-bond acceptors (Lipinski definition) is 3. The lowest BCUT2D eigenvalue weighted by atomic mass is 10.0. The molecular formula is C20H24N4O. The minimum Gasteiger partial charge on any atom is -0.342 e. The fourth-order valence-corrected chi connectivity index (χ4v) is 2.99. The summed E-state index contributed by atoms with van der Waals surface area (Å²) in [7, 11) is 1.85. The Hall–Kier alpha value is -2.69. The normalized spacial score (nSPS) is 11.0. The number of carbonyl (C=O) groups excluding carboxylic acids is 1. The first-order chi connectivity index (χ1) is 12.1. The molecule has 3 rings (SSSR count). The summed E-state index contributed by atoms with van der Waals surface area (Å²) in [6, 6.07) is 9.69. The van der Waals surface area contributed by atoms with Crippen LogP contribution in [0.1, 0.15) is 37.0 Å².